The van der Waals surface area contributed by atoms with Crippen molar-refractivity contribution in [2.75, 3.05) is 20.2 Å². The minimum absolute atomic E-state index is 0.0138. The number of likely N-dealkylation sites (tertiary alicyclic amines) is 1. The van der Waals surface area contributed by atoms with E-state index in [1.807, 2.05) is 31.2 Å². The molecule has 1 saturated carbocycles. The van der Waals surface area contributed by atoms with Crippen LogP contribution in [-0.2, 0) is 5.60 Å². The molecule has 1 aliphatic heterocycles. The fourth-order valence-corrected chi connectivity index (χ4v) is 5.02. The number of benzene rings is 2. The SMILES string of the molecule is COc1cccc([C@]2(O)C[C@H]3CN(C(C)C(O)c4ccc(O)cc4)C[C@H]3C2)c1. The van der Waals surface area contributed by atoms with Gasteiger partial charge < -0.3 is 20.1 Å². The van der Waals surface area contributed by atoms with E-state index >= 15 is 0 Å². The van der Waals surface area contributed by atoms with E-state index in [1.54, 1.807) is 31.4 Å². The summed E-state index contributed by atoms with van der Waals surface area (Å²) in [4.78, 5) is 2.33. The van der Waals surface area contributed by atoms with Gasteiger partial charge in [0.1, 0.15) is 11.5 Å². The van der Waals surface area contributed by atoms with Crippen molar-refractivity contribution in [3.8, 4) is 11.5 Å². The third-order valence-electron chi connectivity index (χ3n) is 6.68. The number of rotatable bonds is 5. The Morgan fingerprint density at radius 1 is 1.07 bits per heavy atom. The minimum Gasteiger partial charge on any atom is -0.508 e. The first-order valence-corrected chi connectivity index (χ1v) is 9.97. The first-order valence-electron chi connectivity index (χ1n) is 9.97. The molecule has 28 heavy (non-hydrogen) atoms. The van der Waals surface area contributed by atoms with Gasteiger partial charge in [0.2, 0.25) is 0 Å². The number of aliphatic hydroxyl groups excluding tert-OH is 1. The third kappa shape index (κ3) is 3.50. The smallest absolute Gasteiger partial charge is 0.119 e. The summed E-state index contributed by atoms with van der Waals surface area (Å²) in [5.74, 6) is 1.82. The Bertz CT molecular complexity index is 808. The second kappa shape index (κ2) is 7.39. The molecular weight excluding hydrogens is 354 g/mol. The highest BCUT2D eigenvalue weighted by molar-refractivity contribution is 5.33. The van der Waals surface area contributed by atoms with Crippen LogP contribution in [0.3, 0.4) is 0 Å². The number of nitrogens with zero attached hydrogens (tertiary/aromatic N) is 1. The van der Waals surface area contributed by atoms with Crippen LogP contribution in [0.15, 0.2) is 48.5 Å². The molecule has 5 heteroatoms. The summed E-state index contributed by atoms with van der Waals surface area (Å²) in [5, 5.41) is 31.5. The van der Waals surface area contributed by atoms with Crippen LogP contribution in [0.25, 0.3) is 0 Å². The van der Waals surface area contributed by atoms with E-state index in [0.29, 0.717) is 11.8 Å². The second-order valence-electron chi connectivity index (χ2n) is 8.42. The maximum Gasteiger partial charge on any atom is 0.119 e. The predicted molar refractivity (Wildman–Crippen MR) is 107 cm³/mol. The van der Waals surface area contributed by atoms with Crippen LogP contribution in [0, 0.1) is 11.8 Å². The van der Waals surface area contributed by atoms with Crippen LogP contribution >= 0.6 is 0 Å². The molecule has 150 valence electrons. The molecule has 0 radical (unpaired) electrons. The lowest BCUT2D eigenvalue weighted by atomic mass is 9.90. The molecular formula is C23H29NO4. The fraction of sp³-hybridized carbons (Fsp3) is 0.478. The molecule has 5 atom stereocenters. The van der Waals surface area contributed by atoms with Crippen LogP contribution in [-0.4, -0.2) is 46.5 Å². The molecule has 2 aromatic carbocycles. The molecule has 2 fully saturated rings. The number of hydrogen-bond acceptors (Lipinski definition) is 5. The zero-order valence-electron chi connectivity index (χ0n) is 16.5. The average molecular weight is 383 g/mol. The monoisotopic (exact) mass is 383 g/mol. The molecule has 0 amide bonds. The number of ether oxygens (including phenoxy) is 1. The van der Waals surface area contributed by atoms with Crippen molar-refractivity contribution in [3.63, 3.8) is 0 Å². The number of phenolic OH excluding ortho intramolecular Hbond substituents is 1. The zero-order chi connectivity index (χ0) is 19.9. The quantitative estimate of drug-likeness (QED) is 0.740. The zero-order valence-corrected chi connectivity index (χ0v) is 16.5. The van der Waals surface area contributed by atoms with E-state index in [4.69, 9.17) is 4.74 Å². The lowest BCUT2D eigenvalue weighted by molar-refractivity contribution is 0.0210. The van der Waals surface area contributed by atoms with Crippen molar-refractivity contribution in [3.05, 3.63) is 59.7 Å². The number of aromatic hydroxyl groups is 1. The van der Waals surface area contributed by atoms with Gasteiger partial charge in [0, 0.05) is 19.1 Å². The largest absolute Gasteiger partial charge is 0.508 e. The third-order valence-corrected chi connectivity index (χ3v) is 6.68. The standard InChI is InChI=1S/C23H29NO4/c1-15(22(26)16-6-8-20(25)9-7-16)24-13-17-11-23(27,12-18(17)14-24)19-4-3-5-21(10-19)28-2/h3-10,15,17-18,22,25-27H,11-14H2,1-2H3/t15?,17-,18+,22?,23-. The maximum atomic E-state index is 11.3. The number of aliphatic hydroxyl groups is 2. The Morgan fingerprint density at radius 3 is 2.32 bits per heavy atom. The Hall–Kier alpha value is -2.08. The molecule has 1 saturated heterocycles. The summed E-state index contributed by atoms with van der Waals surface area (Å²) in [6.07, 6.45) is 0.879. The summed E-state index contributed by atoms with van der Waals surface area (Å²) < 4.78 is 5.31. The van der Waals surface area contributed by atoms with Gasteiger partial charge in [0.15, 0.2) is 0 Å². The number of fused-ring (bicyclic) bond motifs is 1. The molecule has 2 aromatic rings. The molecule has 1 heterocycles. The molecule has 4 rings (SSSR count). The number of phenols is 1. The van der Waals surface area contributed by atoms with Crippen molar-refractivity contribution in [1.82, 2.24) is 4.90 Å². The summed E-state index contributed by atoms with van der Waals surface area (Å²) in [6.45, 7) is 3.81. The Labute approximate surface area is 166 Å². The van der Waals surface area contributed by atoms with Gasteiger partial charge in [-0.1, -0.05) is 24.3 Å². The van der Waals surface area contributed by atoms with Crippen LogP contribution in [0.5, 0.6) is 11.5 Å². The van der Waals surface area contributed by atoms with Gasteiger partial charge in [-0.15, -0.1) is 0 Å². The first-order chi connectivity index (χ1) is 13.4. The highest BCUT2D eigenvalue weighted by atomic mass is 16.5. The van der Waals surface area contributed by atoms with Crippen molar-refractivity contribution in [1.29, 1.82) is 0 Å². The van der Waals surface area contributed by atoms with E-state index in [9.17, 15) is 15.3 Å². The van der Waals surface area contributed by atoms with E-state index in [-0.39, 0.29) is 11.8 Å². The minimum atomic E-state index is -0.797. The van der Waals surface area contributed by atoms with Gasteiger partial charge in [-0.05, 0) is 67.0 Å². The lowest BCUT2D eigenvalue weighted by Gasteiger charge is -2.31. The van der Waals surface area contributed by atoms with E-state index < -0.39 is 11.7 Å². The Kier molecular flexibility index (Phi) is 5.08. The van der Waals surface area contributed by atoms with Crippen LogP contribution in [0.2, 0.25) is 0 Å². The van der Waals surface area contributed by atoms with Crippen molar-refractivity contribution in [2.24, 2.45) is 11.8 Å². The normalized spacial score (nSPS) is 29.4. The molecule has 0 aromatic heterocycles. The van der Waals surface area contributed by atoms with E-state index in [0.717, 1.165) is 42.8 Å². The predicted octanol–water partition coefficient (Wildman–Crippen LogP) is 3.05. The average Bonchev–Trinajstić information content (AvgIpc) is 3.23. The molecule has 3 N–H and O–H groups in total. The van der Waals surface area contributed by atoms with Gasteiger partial charge in [-0.3, -0.25) is 4.90 Å². The van der Waals surface area contributed by atoms with E-state index in [1.165, 1.54) is 0 Å². The first kappa shape index (κ1) is 19.2. The summed E-state index contributed by atoms with van der Waals surface area (Å²) in [5.41, 5.74) is 0.953. The number of methoxy groups -OCH3 is 1. The summed E-state index contributed by atoms with van der Waals surface area (Å²) in [7, 11) is 1.64. The van der Waals surface area contributed by atoms with Gasteiger partial charge in [0.25, 0.3) is 0 Å². The molecule has 0 bridgehead atoms. The van der Waals surface area contributed by atoms with Gasteiger partial charge in [-0.2, -0.15) is 0 Å². The fourth-order valence-electron chi connectivity index (χ4n) is 5.02. The van der Waals surface area contributed by atoms with Gasteiger partial charge in [0.05, 0.1) is 18.8 Å². The Morgan fingerprint density at radius 2 is 1.71 bits per heavy atom. The highest BCUT2D eigenvalue weighted by Crippen LogP contribution is 2.50. The molecule has 5 nitrogen and oxygen atoms in total. The van der Waals surface area contributed by atoms with Crippen molar-refractivity contribution < 1.29 is 20.1 Å². The van der Waals surface area contributed by atoms with Crippen molar-refractivity contribution in [2.45, 2.75) is 37.5 Å². The second-order valence-corrected chi connectivity index (χ2v) is 8.42. The summed E-state index contributed by atoms with van der Waals surface area (Å²) in [6, 6.07) is 14.5. The lowest BCUT2D eigenvalue weighted by Crippen LogP contribution is -2.37. The van der Waals surface area contributed by atoms with Crippen LogP contribution in [0.1, 0.15) is 37.0 Å². The maximum absolute atomic E-state index is 11.3. The van der Waals surface area contributed by atoms with Crippen LogP contribution < -0.4 is 4.74 Å². The van der Waals surface area contributed by atoms with Gasteiger partial charge in [-0.25, -0.2) is 0 Å². The van der Waals surface area contributed by atoms with Gasteiger partial charge >= 0.3 is 0 Å². The molecule has 2 unspecified atom stereocenters. The summed E-state index contributed by atoms with van der Waals surface area (Å²) >= 11 is 0. The molecule has 0 spiro atoms. The molecule has 2 aliphatic rings. The molecule has 1 aliphatic carbocycles. The number of hydrogen-bond donors (Lipinski definition) is 3. The van der Waals surface area contributed by atoms with Crippen molar-refractivity contribution >= 4 is 0 Å². The van der Waals surface area contributed by atoms with E-state index in [2.05, 4.69) is 4.90 Å². The topological polar surface area (TPSA) is 73.2 Å². The van der Waals surface area contributed by atoms with Crippen LogP contribution in [0.4, 0.5) is 0 Å². The Balaban J connectivity index is 1.42. The highest BCUT2D eigenvalue weighted by Gasteiger charge is 2.50.